The fourth-order valence-corrected chi connectivity index (χ4v) is 4.30. The Hall–Kier alpha value is -2.71. The maximum Gasteiger partial charge on any atom is 0.326 e. The van der Waals surface area contributed by atoms with Gasteiger partial charge in [-0.15, -0.1) is 0 Å². The number of rotatable bonds is 23. The smallest absolute Gasteiger partial charge is 0.326 e. The Balaban J connectivity index is 1.83. The molecule has 0 aromatic heterocycles. The minimum absolute atomic E-state index is 0.109. The molecule has 0 aromatic carbocycles. The summed E-state index contributed by atoms with van der Waals surface area (Å²) in [7, 11) is 0. The van der Waals surface area contributed by atoms with Crippen LogP contribution in [0.3, 0.4) is 0 Å². The van der Waals surface area contributed by atoms with Crippen LogP contribution in [0.15, 0.2) is 12.2 Å². The van der Waals surface area contributed by atoms with Crippen LogP contribution in [-0.4, -0.2) is 57.4 Å². The molecular formula is C27H44N2O7. The monoisotopic (exact) mass is 508 g/mol. The largest absolute Gasteiger partial charge is 0.481 e. The van der Waals surface area contributed by atoms with Crippen LogP contribution in [0.4, 0.5) is 0 Å². The van der Waals surface area contributed by atoms with Gasteiger partial charge in [-0.1, -0.05) is 83.5 Å². The van der Waals surface area contributed by atoms with Crippen LogP contribution >= 0.6 is 0 Å². The number of carboxylic acids is 2. The van der Waals surface area contributed by atoms with Gasteiger partial charge in [0.2, 0.25) is 5.91 Å². The highest BCUT2D eigenvalue weighted by molar-refractivity contribution is 6.12. The van der Waals surface area contributed by atoms with Gasteiger partial charge >= 0.3 is 11.9 Å². The normalized spacial score (nSPS) is 13.8. The van der Waals surface area contributed by atoms with Gasteiger partial charge in [0.25, 0.3) is 11.8 Å². The predicted octanol–water partition coefficient (Wildman–Crippen LogP) is 4.59. The molecule has 1 atom stereocenters. The van der Waals surface area contributed by atoms with Crippen molar-refractivity contribution in [3.63, 3.8) is 0 Å². The standard InChI is InChI=1S/C27H44N2O7/c30-23(28-22(27(35)36)17-20-26(33)34)16-14-12-10-8-6-4-2-1-3-5-7-9-11-13-15-21-29-24(31)18-19-25(29)32/h18-19,22H,1-17,20-21H2,(H,28,30)(H,33,34)(H,35,36)/t22-/m0/s1. The van der Waals surface area contributed by atoms with Crippen molar-refractivity contribution in [3.8, 4) is 0 Å². The molecule has 0 saturated heterocycles. The molecule has 0 radical (unpaired) electrons. The number of carbonyl (C=O) groups excluding carboxylic acids is 3. The second kappa shape index (κ2) is 19.5. The molecule has 0 unspecified atom stereocenters. The summed E-state index contributed by atoms with van der Waals surface area (Å²) in [5.41, 5.74) is 0. The summed E-state index contributed by atoms with van der Waals surface area (Å²) < 4.78 is 0. The second-order valence-corrected chi connectivity index (χ2v) is 9.61. The van der Waals surface area contributed by atoms with E-state index in [1.54, 1.807) is 0 Å². The summed E-state index contributed by atoms with van der Waals surface area (Å²) in [5.74, 6) is -3.00. The Labute approximate surface area is 214 Å². The number of imide groups is 1. The number of aliphatic carboxylic acids is 2. The molecule has 0 bridgehead atoms. The number of hydrogen-bond donors (Lipinski definition) is 3. The Morgan fingerprint density at radius 1 is 0.667 bits per heavy atom. The summed E-state index contributed by atoms with van der Waals surface area (Å²) in [5, 5.41) is 20.1. The van der Waals surface area contributed by atoms with Gasteiger partial charge in [-0.3, -0.25) is 24.1 Å². The zero-order chi connectivity index (χ0) is 26.6. The average molecular weight is 509 g/mol. The molecule has 0 spiro atoms. The van der Waals surface area contributed by atoms with Crippen LogP contribution in [0.2, 0.25) is 0 Å². The molecule has 36 heavy (non-hydrogen) atoms. The molecular weight excluding hydrogens is 464 g/mol. The van der Waals surface area contributed by atoms with Crippen LogP contribution in [0.5, 0.6) is 0 Å². The minimum atomic E-state index is -1.20. The van der Waals surface area contributed by atoms with Crippen molar-refractivity contribution in [3.05, 3.63) is 12.2 Å². The van der Waals surface area contributed by atoms with Crippen LogP contribution in [0, 0.1) is 0 Å². The number of hydrogen-bond acceptors (Lipinski definition) is 5. The van der Waals surface area contributed by atoms with Gasteiger partial charge in [-0.2, -0.15) is 0 Å². The van der Waals surface area contributed by atoms with E-state index in [1.165, 1.54) is 68.4 Å². The molecule has 3 N–H and O–H groups in total. The highest BCUT2D eigenvalue weighted by atomic mass is 16.4. The van der Waals surface area contributed by atoms with Gasteiger partial charge in [-0.25, -0.2) is 4.79 Å². The third-order valence-electron chi connectivity index (χ3n) is 6.47. The first-order valence-electron chi connectivity index (χ1n) is 13.6. The number of amides is 3. The van der Waals surface area contributed by atoms with Crippen LogP contribution < -0.4 is 5.32 Å². The van der Waals surface area contributed by atoms with E-state index in [-0.39, 0.29) is 37.0 Å². The van der Waals surface area contributed by atoms with E-state index in [4.69, 9.17) is 10.2 Å². The molecule has 9 nitrogen and oxygen atoms in total. The van der Waals surface area contributed by atoms with E-state index in [9.17, 15) is 24.0 Å². The highest BCUT2D eigenvalue weighted by Crippen LogP contribution is 2.14. The van der Waals surface area contributed by atoms with Gasteiger partial charge in [-0.05, 0) is 19.3 Å². The third kappa shape index (κ3) is 15.3. The lowest BCUT2D eigenvalue weighted by molar-refractivity contribution is -0.143. The first-order valence-corrected chi connectivity index (χ1v) is 13.6. The number of carboxylic acid groups (broad SMARTS) is 2. The predicted molar refractivity (Wildman–Crippen MR) is 136 cm³/mol. The topological polar surface area (TPSA) is 141 Å². The molecule has 1 aliphatic rings. The number of nitrogens with one attached hydrogen (secondary N) is 1. The fraction of sp³-hybridized carbons (Fsp3) is 0.741. The molecule has 1 heterocycles. The number of nitrogens with zero attached hydrogens (tertiary/aromatic N) is 1. The Bertz CT molecular complexity index is 718. The Morgan fingerprint density at radius 3 is 1.50 bits per heavy atom. The molecule has 0 saturated carbocycles. The van der Waals surface area contributed by atoms with E-state index in [0.29, 0.717) is 13.0 Å². The summed E-state index contributed by atoms with van der Waals surface area (Å²) in [4.78, 5) is 57.8. The van der Waals surface area contributed by atoms with Crippen molar-refractivity contribution < 1.29 is 34.2 Å². The first kappa shape index (κ1) is 31.3. The van der Waals surface area contributed by atoms with Gasteiger partial charge in [0, 0.05) is 31.5 Å². The van der Waals surface area contributed by atoms with Crippen molar-refractivity contribution >= 4 is 29.7 Å². The second-order valence-electron chi connectivity index (χ2n) is 9.61. The maximum absolute atomic E-state index is 11.9. The van der Waals surface area contributed by atoms with E-state index in [1.807, 2.05) is 0 Å². The first-order chi connectivity index (χ1) is 17.3. The highest BCUT2D eigenvalue weighted by Gasteiger charge is 2.22. The molecule has 3 amide bonds. The Morgan fingerprint density at radius 2 is 1.08 bits per heavy atom. The van der Waals surface area contributed by atoms with Gasteiger partial charge in [0.1, 0.15) is 6.04 Å². The molecule has 1 aliphatic heterocycles. The van der Waals surface area contributed by atoms with E-state index in [0.717, 1.165) is 38.5 Å². The maximum atomic E-state index is 11.9. The molecule has 0 aliphatic carbocycles. The van der Waals surface area contributed by atoms with Crippen molar-refractivity contribution in [1.82, 2.24) is 10.2 Å². The molecule has 9 heteroatoms. The number of carbonyl (C=O) groups is 5. The SMILES string of the molecule is O=C(O)CC[C@H](NC(=O)CCCCCCCCCCCCCCCCCN1C(=O)C=CC1=O)C(=O)O. The molecule has 204 valence electrons. The zero-order valence-electron chi connectivity index (χ0n) is 21.5. The van der Waals surface area contributed by atoms with Crippen molar-refractivity contribution in [1.29, 1.82) is 0 Å². The lowest BCUT2D eigenvalue weighted by atomic mass is 10.0. The van der Waals surface area contributed by atoms with Crippen molar-refractivity contribution in [2.75, 3.05) is 6.54 Å². The average Bonchev–Trinajstić information content (AvgIpc) is 3.15. The third-order valence-corrected chi connectivity index (χ3v) is 6.47. The number of unbranched alkanes of at least 4 members (excludes halogenated alkanes) is 14. The lowest BCUT2D eigenvalue weighted by Crippen LogP contribution is -2.41. The van der Waals surface area contributed by atoms with E-state index in [2.05, 4.69) is 5.32 Å². The van der Waals surface area contributed by atoms with E-state index < -0.39 is 18.0 Å². The summed E-state index contributed by atoms with van der Waals surface area (Å²) in [6, 6.07) is -1.14. The van der Waals surface area contributed by atoms with E-state index >= 15 is 0 Å². The van der Waals surface area contributed by atoms with Crippen molar-refractivity contribution in [2.24, 2.45) is 0 Å². The van der Waals surface area contributed by atoms with Gasteiger partial charge in [0.15, 0.2) is 0 Å². The van der Waals surface area contributed by atoms with Gasteiger partial charge in [0.05, 0.1) is 0 Å². The van der Waals surface area contributed by atoms with Crippen LogP contribution in [-0.2, 0) is 24.0 Å². The minimum Gasteiger partial charge on any atom is -0.481 e. The summed E-state index contributed by atoms with van der Waals surface area (Å²) in [6.45, 7) is 0.531. The summed E-state index contributed by atoms with van der Waals surface area (Å²) >= 11 is 0. The molecule has 1 rings (SSSR count). The summed E-state index contributed by atoms with van der Waals surface area (Å²) in [6.07, 6.45) is 19.4. The Kier molecular flexibility index (Phi) is 16.9. The van der Waals surface area contributed by atoms with Gasteiger partial charge < -0.3 is 15.5 Å². The quantitative estimate of drug-likeness (QED) is 0.135. The molecule has 0 fully saturated rings. The lowest BCUT2D eigenvalue weighted by Gasteiger charge is -2.13. The fourth-order valence-electron chi connectivity index (χ4n) is 4.30. The van der Waals surface area contributed by atoms with Crippen LogP contribution in [0.1, 0.15) is 116 Å². The van der Waals surface area contributed by atoms with Crippen molar-refractivity contribution in [2.45, 2.75) is 122 Å². The zero-order valence-corrected chi connectivity index (χ0v) is 21.5. The van der Waals surface area contributed by atoms with Crippen LogP contribution in [0.25, 0.3) is 0 Å². The molecule has 0 aromatic rings.